The smallest absolute Gasteiger partial charge is 0.369 e. The maximum absolute atomic E-state index is 16.6. The number of nitrogens with zero attached hydrogens (tertiary/aromatic N) is 1. The second kappa shape index (κ2) is 14.2. The lowest BCUT2D eigenvalue weighted by molar-refractivity contribution is -0.137. The van der Waals surface area contributed by atoms with E-state index in [0.29, 0.717) is 12.1 Å². The van der Waals surface area contributed by atoms with Gasteiger partial charge in [0.25, 0.3) is 0 Å². The molecule has 44 heavy (non-hydrogen) atoms. The van der Waals surface area contributed by atoms with E-state index in [2.05, 4.69) is 16.0 Å². The number of carbonyl (C=O) groups excluding carboxylic acids is 1. The summed E-state index contributed by atoms with van der Waals surface area (Å²) in [7, 11) is 0. The Labute approximate surface area is 256 Å². The molecule has 11 heteroatoms. The molecule has 5 N–H and O–H groups in total. The fourth-order valence-corrected chi connectivity index (χ4v) is 7.09. The van der Waals surface area contributed by atoms with Crippen LogP contribution in [0.5, 0.6) is 0 Å². The zero-order valence-electron chi connectivity index (χ0n) is 25.0. The number of nitrogens with two attached hydrogens (primary N) is 1. The molecule has 1 amide bonds. The van der Waals surface area contributed by atoms with E-state index in [9.17, 15) is 18.0 Å². The van der Waals surface area contributed by atoms with Gasteiger partial charge in [-0.3, -0.25) is 25.6 Å². The molecule has 0 radical (unpaired) electrons. The number of amides is 1. The SMILES string of the molecule is NC(=O)Cc1ccc(CNC2NC3(CCCCCCCCC3)NC(N3C[C@H](F)C[C@H]3c3ccc(C(F)(F)F)cc3)C2F)cc1. The zero-order chi connectivity index (χ0) is 31.3. The van der Waals surface area contributed by atoms with Crippen molar-refractivity contribution in [1.29, 1.82) is 0 Å². The summed E-state index contributed by atoms with van der Waals surface area (Å²) in [6.07, 6.45) is 0.649. The summed E-state index contributed by atoms with van der Waals surface area (Å²) >= 11 is 0. The molecule has 2 heterocycles. The summed E-state index contributed by atoms with van der Waals surface area (Å²) in [5.74, 6) is -0.413. The molecular formula is C33H44F5N5O. The zero-order valence-corrected chi connectivity index (χ0v) is 25.0. The van der Waals surface area contributed by atoms with Crippen molar-refractivity contribution in [3.8, 4) is 0 Å². The second-order valence-electron chi connectivity index (χ2n) is 12.7. The van der Waals surface area contributed by atoms with E-state index in [4.69, 9.17) is 5.73 Å². The molecule has 0 bridgehead atoms. The number of carbonyl (C=O) groups is 1. The first-order valence-electron chi connectivity index (χ1n) is 15.9. The van der Waals surface area contributed by atoms with Crippen molar-refractivity contribution in [2.24, 2.45) is 5.73 Å². The Morgan fingerprint density at radius 2 is 1.48 bits per heavy atom. The fourth-order valence-electron chi connectivity index (χ4n) is 7.09. The van der Waals surface area contributed by atoms with Crippen molar-refractivity contribution in [3.05, 3.63) is 70.8 Å². The van der Waals surface area contributed by atoms with Crippen LogP contribution in [0.1, 0.15) is 92.5 Å². The van der Waals surface area contributed by atoms with Gasteiger partial charge in [-0.25, -0.2) is 8.78 Å². The van der Waals surface area contributed by atoms with Gasteiger partial charge in [-0.2, -0.15) is 13.2 Å². The van der Waals surface area contributed by atoms with Crippen LogP contribution < -0.4 is 21.7 Å². The Bertz CT molecular complexity index is 1210. The highest BCUT2D eigenvalue weighted by atomic mass is 19.4. The molecule has 1 spiro atoms. The molecule has 3 aliphatic rings. The van der Waals surface area contributed by atoms with Gasteiger partial charge < -0.3 is 5.73 Å². The minimum absolute atomic E-state index is 0.00605. The molecule has 2 aliphatic heterocycles. The molecule has 2 aromatic carbocycles. The summed E-state index contributed by atoms with van der Waals surface area (Å²) < 4.78 is 71.4. The molecule has 2 saturated heterocycles. The minimum atomic E-state index is -4.47. The van der Waals surface area contributed by atoms with Crippen molar-refractivity contribution < 1.29 is 26.7 Å². The van der Waals surface area contributed by atoms with E-state index in [1.54, 1.807) is 4.90 Å². The maximum Gasteiger partial charge on any atom is 0.416 e. The lowest BCUT2D eigenvalue weighted by Gasteiger charge is -2.52. The van der Waals surface area contributed by atoms with Crippen LogP contribution in [0, 0.1) is 0 Å². The highest BCUT2D eigenvalue weighted by molar-refractivity contribution is 5.76. The van der Waals surface area contributed by atoms with Crippen molar-refractivity contribution in [2.45, 2.75) is 120 Å². The third-order valence-corrected chi connectivity index (χ3v) is 9.38. The molecule has 0 aromatic heterocycles. The number of benzene rings is 2. The highest BCUT2D eigenvalue weighted by Crippen LogP contribution is 2.40. The summed E-state index contributed by atoms with van der Waals surface area (Å²) in [5, 5.41) is 10.5. The van der Waals surface area contributed by atoms with Crippen LogP contribution in [0.4, 0.5) is 22.0 Å². The van der Waals surface area contributed by atoms with Gasteiger partial charge in [0.05, 0.1) is 30.0 Å². The first kappa shape index (κ1) is 32.8. The Balaban J connectivity index is 1.40. The van der Waals surface area contributed by atoms with E-state index in [1.165, 1.54) is 18.6 Å². The number of likely N-dealkylation sites (tertiary alicyclic amines) is 1. The third kappa shape index (κ3) is 8.16. The Morgan fingerprint density at radius 1 is 0.886 bits per heavy atom. The third-order valence-electron chi connectivity index (χ3n) is 9.38. The monoisotopic (exact) mass is 621 g/mol. The van der Waals surface area contributed by atoms with Gasteiger partial charge in [-0.1, -0.05) is 81.3 Å². The first-order valence-corrected chi connectivity index (χ1v) is 15.9. The van der Waals surface area contributed by atoms with E-state index < -0.39 is 54.0 Å². The molecular weight excluding hydrogens is 577 g/mol. The number of halogens is 5. The van der Waals surface area contributed by atoms with Crippen molar-refractivity contribution in [2.75, 3.05) is 6.54 Å². The second-order valence-corrected chi connectivity index (χ2v) is 12.7. The van der Waals surface area contributed by atoms with Gasteiger partial charge in [0.15, 0.2) is 6.17 Å². The minimum Gasteiger partial charge on any atom is -0.369 e. The van der Waals surface area contributed by atoms with Crippen LogP contribution in [0.25, 0.3) is 0 Å². The highest BCUT2D eigenvalue weighted by Gasteiger charge is 2.50. The van der Waals surface area contributed by atoms with Crippen LogP contribution in [0.15, 0.2) is 48.5 Å². The molecule has 3 fully saturated rings. The predicted molar refractivity (Wildman–Crippen MR) is 160 cm³/mol. The average molecular weight is 622 g/mol. The molecule has 1 saturated carbocycles. The van der Waals surface area contributed by atoms with Gasteiger partial charge in [0, 0.05) is 19.1 Å². The van der Waals surface area contributed by atoms with Crippen molar-refractivity contribution in [1.82, 2.24) is 20.9 Å². The molecule has 242 valence electrons. The number of hydrogen-bond donors (Lipinski definition) is 4. The fraction of sp³-hybridized carbons (Fsp3) is 0.606. The molecule has 6 nitrogen and oxygen atoms in total. The van der Waals surface area contributed by atoms with Crippen molar-refractivity contribution >= 4 is 5.91 Å². The Hall–Kier alpha value is -2.60. The van der Waals surface area contributed by atoms with Gasteiger partial charge in [0.1, 0.15) is 6.17 Å². The van der Waals surface area contributed by atoms with Gasteiger partial charge in [-0.15, -0.1) is 0 Å². The van der Waals surface area contributed by atoms with Gasteiger partial charge >= 0.3 is 6.18 Å². The molecule has 1 aliphatic carbocycles. The van der Waals surface area contributed by atoms with Crippen LogP contribution in [0.3, 0.4) is 0 Å². The summed E-state index contributed by atoms with van der Waals surface area (Å²) in [6, 6.07) is 11.7. The average Bonchev–Trinajstić information content (AvgIpc) is 3.38. The van der Waals surface area contributed by atoms with E-state index >= 15 is 8.78 Å². The van der Waals surface area contributed by atoms with E-state index in [-0.39, 0.29) is 19.4 Å². The summed E-state index contributed by atoms with van der Waals surface area (Å²) in [4.78, 5) is 13.0. The van der Waals surface area contributed by atoms with Gasteiger partial charge in [0.2, 0.25) is 5.91 Å². The summed E-state index contributed by atoms with van der Waals surface area (Å²) in [5.41, 5.74) is 6.22. The van der Waals surface area contributed by atoms with Crippen molar-refractivity contribution in [3.63, 3.8) is 0 Å². The number of hydrogen-bond acceptors (Lipinski definition) is 5. The predicted octanol–water partition coefficient (Wildman–Crippen LogP) is 6.01. The first-order chi connectivity index (χ1) is 21.0. The Kier molecular flexibility index (Phi) is 10.6. The molecule has 5 rings (SSSR count). The normalized spacial score (nSPS) is 28.6. The van der Waals surface area contributed by atoms with Crippen LogP contribution in [-0.2, 0) is 23.9 Å². The van der Waals surface area contributed by atoms with Crippen LogP contribution >= 0.6 is 0 Å². The van der Waals surface area contributed by atoms with Gasteiger partial charge in [-0.05, 0) is 48.1 Å². The van der Waals surface area contributed by atoms with Crippen LogP contribution in [-0.4, -0.2) is 47.7 Å². The van der Waals surface area contributed by atoms with E-state index in [0.717, 1.165) is 74.6 Å². The lowest BCUT2D eigenvalue weighted by Crippen LogP contribution is -2.78. The largest absolute Gasteiger partial charge is 0.416 e. The Morgan fingerprint density at radius 3 is 2.07 bits per heavy atom. The topological polar surface area (TPSA) is 82.4 Å². The number of nitrogens with one attached hydrogen (secondary N) is 3. The summed E-state index contributed by atoms with van der Waals surface area (Å²) in [6.45, 7) is 0.361. The molecule has 2 aromatic rings. The standard InChI is InChI=1S/C33H44F5N5O/c34-26-19-27(24-12-14-25(15-13-24)33(36,37)38)43(21-26)31-29(35)30(40-20-23-10-8-22(9-11-23)18-28(39)44)41-32(42-31)16-6-4-2-1-3-5-7-17-32/h8-15,26-27,29-31,40-42H,1-7,16-21H2,(H2,39,44)/t26-,27+,29?,30?,31?/m1/s1. The number of alkyl halides is 5. The molecule has 3 unspecified atom stereocenters. The quantitative estimate of drug-likeness (QED) is 0.285. The molecule has 5 atom stereocenters. The number of rotatable bonds is 7. The lowest BCUT2D eigenvalue weighted by atomic mass is 9.88. The van der Waals surface area contributed by atoms with Crippen LogP contribution in [0.2, 0.25) is 0 Å². The van der Waals surface area contributed by atoms with E-state index in [1.807, 2.05) is 24.3 Å². The maximum atomic E-state index is 16.6. The number of primary amides is 1.